The quantitative estimate of drug-likeness (QED) is 0.156. The molecule has 15 rings (SSSR count). The third kappa shape index (κ3) is 5.59. The molecule has 13 aromatic rings. The molecular weight excluding hydrogens is 841 g/mol. The summed E-state index contributed by atoms with van der Waals surface area (Å²) in [6.07, 6.45) is 0. The Kier molecular flexibility index (Phi) is 8.46. The van der Waals surface area contributed by atoms with Gasteiger partial charge in [0.25, 0.3) is 0 Å². The molecule has 0 nitrogen and oxygen atoms in total. The summed E-state index contributed by atoms with van der Waals surface area (Å²) in [6.45, 7) is 0. The minimum Gasteiger partial charge on any atom is -0.0622 e. The molecule has 2 aliphatic carbocycles. The van der Waals surface area contributed by atoms with Crippen molar-refractivity contribution in [2.24, 2.45) is 0 Å². The number of hydrogen-bond acceptors (Lipinski definition) is 0. The Hall–Kier alpha value is -9.10. The van der Waals surface area contributed by atoms with Crippen molar-refractivity contribution in [3.63, 3.8) is 0 Å². The van der Waals surface area contributed by atoms with Gasteiger partial charge in [-0.3, -0.25) is 0 Å². The molecule has 13 aromatic carbocycles. The molecule has 70 heavy (non-hydrogen) atoms. The van der Waals surface area contributed by atoms with Crippen LogP contribution in [-0.2, 0) is 0 Å². The van der Waals surface area contributed by atoms with Crippen molar-refractivity contribution in [2.45, 2.75) is 0 Å². The fourth-order valence-corrected chi connectivity index (χ4v) is 12.5. The highest BCUT2D eigenvalue weighted by atomic mass is 14.4. The molecule has 0 aromatic heterocycles. The van der Waals surface area contributed by atoms with Gasteiger partial charge in [0.15, 0.2) is 0 Å². The van der Waals surface area contributed by atoms with Crippen molar-refractivity contribution < 1.29 is 0 Å². The van der Waals surface area contributed by atoms with Gasteiger partial charge >= 0.3 is 0 Å². The van der Waals surface area contributed by atoms with Gasteiger partial charge in [-0.1, -0.05) is 237 Å². The maximum absolute atomic E-state index is 2.50. The molecule has 0 atom stereocenters. The first-order chi connectivity index (χ1) is 34.8. The fourth-order valence-electron chi connectivity index (χ4n) is 12.5. The zero-order chi connectivity index (χ0) is 45.9. The van der Waals surface area contributed by atoms with E-state index < -0.39 is 0 Å². The second-order valence-corrected chi connectivity index (χ2v) is 19.0. The lowest BCUT2D eigenvalue weighted by molar-refractivity contribution is 1.61. The van der Waals surface area contributed by atoms with Crippen LogP contribution in [0.15, 0.2) is 255 Å². The van der Waals surface area contributed by atoms with E-state index >= 15 is 0 Å². The van der Waals surface area contributed by atoms with Crippen LogP contribution in [0.1, 0.15) is 0 Å². The fraction of sp³-hybridized carbons (Fsp3) is 0. The van der Waals surface area contributed by atoms with Crippen LogP contribution < -0.4 is 0 Å². The van der Waals surface area contributed by atoms with Gasteiger partial charge < -0.3 is 0 Å². The van der Waals surface area contributed by atoms with Crippen molar-refractivity contribution in [3.05, 3.63) is 255 Å². The molecule has 322 valence electrons. The second kappa shape index (κ2) is 15.2. The third-order valence-electron chi connectivity index (χ3n) is 15.3. The lowest BCUT2D eigenvalue weighted by Crippen LogP contribution is -1.94. The van der Waals surface area contributed by atoms with Crippen molar-refractivity contribution in [1.82, 2.24) is 0 Å². The van der Waals surface area contributed by atoms with Crippen molar-refractivity contribution >= 4 is 43.1 Å². The molecule has 0 amide bonds. The summed E-state index contributed by atoms with van der Waals surface area (Å²) in [7, 11) is 0. The van der Waals surface area contributed by atoms with E-state index in [4.69, 9.17) is 0 Å². The minimum atomic E-state index is 1.20. The van der Waals surface area contributed by atoms with Crippen LogP contribution in [0.25, 0.3) is 154 Å². The first-order valence-electron chi connectivity index (χ1n) is 24.4. The molecule has 0 aliphatic heterocycles. The molecule has 0 heteroatoms. The molecule has 0 N–H and O–H groups in total. The number of fused-ring (bicyclic) bond motifs is 8. The average Bonchev–Trinajstić information content (AvgIpc) is 3.94. The molecule has 0 saturated carbocycles. The van der Waals surface area contributed by atoms with E-state index in [2.05, 4.69) is 255 Å². The summed E-state index contributed by atoms with van der Waals surface area (Å²) in [5, 5.41) is 10.2. The molecule has 0 unspecified atom stereocenters. The highest BCUT2D eigenvalue weighted by Crippen LogP contribution is 2.61. The van der Waals surface area contributed by atoms with Gasteiger partial charge in [-0.05, 0) is 173 Å². The highest BCUT2D eigenvalue weighted by Gasteiger charge is 2.33. The van der Waals surface area contributed by atoms with E-state index in [1.807, 2.05) is 0 Å². The van der Waals surface area contributed by atoms with E-state index in [1.165, 1.54) is 154 Å². The number of hydrogen-bond donors (Lipinski definition) is 0. The summed E-state index contributed by atoms with van der Waals surface area (Å²) in [6, 6.07) is 95.0. The van der Waals surface area contributed by atoms with E-state index in [1.54, 1.807) is 0 Å². The van der Waals surface area contributed by atoms with Gasteiger partial charge in [0.05, 0.1) is 0 Å². The smallest absolute Gasteiger partial charge is 0.000720 e. The molecule has 0 heterocycles. The topological polar surface area (TPSA) is 0 Å². The lowest BCUT2D eigenvalue weighted by Gasteiger charge is -2.21. The van der Waals surface area contributed by atoms with Gasteiger partial charge in [-0.25, -0.2) is 0 Å². The van der Waals surface area contributed by atoms with Crippen LogP contribution in [0.2, 0.25) is 0 Å². The summed E-state index contributed by atoms with van der Waals surface area (Å²) in [4.78, 5) is 0. The molecule has 0 bridgehead atoms. The SMILES string of the molecule is c1ccc(-c2c3c(c(-c4ccccc4)c4ccccc24)-c2cc(-c4ccc5c(-c6ccccc6)c6c(c(-c7ccccc7)c5c4)-c4cccc5c(-c7ccccc7)ccc-6c45)cc4cccc-3c24)cc1. The summed E-state index contributed by atoms with van der Waals surface area (Å²) >= 11 is 0. The number of rotatable bonds is 6. The molecule has 0 radical (unpaired) electrons. The average molecular weight is 883 g/mol. The van der Waals surface area contributed by atoms with E-state index in [9.17, 15) is 0 Å². The van der Waals surface area contributed by atoms with E-state index in [-0.39, 0.29) is 0 Å². The second-order valence-electron chi connectivity index (χ2n) is 19.0. The van der Waals surface area contributed by atoms with Crippen LogP contribution in [0, 0.1) is 0 Å². The molecule has 0 spiro atoms. The summed E-state index contributed by atoms with van der Waals surface area (Å²) in [5.41, 5.74) is 25.4. The standard InChI is InChI=1S/C70H42/c1-6-20-43(21-7-1)51-38-39-58-66-52(51)33-19-35-57(66)68-65(47-28-14-5-15-29-47)59-41-48(36-37-55(59)64(69(58)68)46-26-12-4-13-27-46)50-40-49-30-18-34-56-61(49)60(42-50)70-63(45-24-10-3-11-25-45)54-32-17-16-31-53(54)62(67(56)70)44-22-8-2-9-23-44/h1-42H. The van der Waals surface area contributed by atoms with Crippen molar-refractivity contribution in [1.29, 1.82) is 0 Å². The van der Waals surface area contributed by atoms with Crippen molar-refractivity contribution in [3.8, 4) is 111 Å². The third-order valence-corrected chi connectivity index (χ3v) is 15.3. The molecule has 0 saturated heterocycles. The first-order valence-corrected chi connectivity index (χ1v) is 24.4. The largest absolute Gasteiger partial charge is 0.0622 e. The van der Waals surface area contributed by atoms with Crippen LogP contribution in [0.4, 0.5) is 0 Å². The van der Waals surface area contributed by atoms with Gasteiger partial charge in [0.1, 0.15) is 0 Å². The van der Waals surface area contributed by atoms with E-state index in [0.29, 0.717) is 0 Å². The van der Waals surface area contributed by atoms with Gasteiger partial charge in [0.2, 0.25) is 0 Å². The Labute approximate surface area is 407 Å². The highest BCUT2D eigenvalue weighted by molar-refractivity contribution is 6.30. The first kappa shape index (κ1) is 38.9. The molecule has 0 fully saturated rings. The van der Waals surface area contributed by atoms with Crippen LogP contribution in [0.3, 0.4) is 0 Å². The normalized spacial score (nSPS) is 12.0. The molecule has 2 aliphatic rings. The Bertz CT molecular complexity index is 4280. The van der Waals surface area contributed by atoms with Crippen LogP contribution in [0.5, 0.6) is 0 Å². The van der Waals surface area contributed by atoms with Gasteiger partial charge in [0, 0.05) is 0 Å². The summed E-state index contributed by atoms with van der Waals surface area (Å²) in [5.74, 6) is 0. The maximum atomic E-state index is 2.50. The maximum Gasteiger partial charge on any atom is -0.000720 e. The monoisotopic (exact) mass is 882 g/mol. The van der Waals surface area contributed by atoms with Crippen LogP contribution >= 0.6 is 0 Å². The molecular formula is C70H42. The zero-order valence-electron chi connectivity index (χ0n) is 38.2. The summed E-state index contributed by atoms with van der Waals surface area (Å²) < 4.78 is 0. The Morgan fingerprint density at radius 2 is 0.557 bits per heavy atom. The zero-order valence-corrected chi connectivity index (χ0v) is 38.2. The van der Waals surface area contributed by atoms with Gasteiger partial charge in [-0.2, -0.15) is 0 Å². The minimum absolute atomic E-state index is 1.20. The Morgan fingerprint density at radius 3 is 1.10 bits per heavy atom. The Balaban J connectivity index is 1.04. The predicted molar refractivity (Wildman–Crippen MR) is 298 cm³/mol. The van der Waals surface area contributed by atoms with Crippen molar-refractivity contribution in [2.75, 3.05) is 0 Å². The predicted octanol–water partition coefficient (Wildman–Crippen LogP) is 19.6. The van der Waals surface area contributed by atoms with E-state index in [0.717, 1.165) is 0 Å². The van der Waals surface area contributed by atoms with Gasteiger partial charge in [-0.15, -0.1) is 0 Å². The lowest BCUT2D eigenvalue weighted by atomic mass is 9.81. The van der Waals surface area contributed by atoms with Crippen LogP contribution in [-0.4, -0.2) is 0 Å². The Morgan fingerprint density at radius 1 is 0.157 bits per heavy atom. The number of benzene rings is 13.